The highest BCUT2D eigenvalue weighted by atomic mass is 16.5. The summed E-state index contributed by atoms with van der Waals surface area (Å²) in [4.78, 5) is 0. The van der Waals surface area contributed by atoms with Crippen LogP contribution in [0.1, 0.15) is 28.6 Å². The highest BCUT2D eigenvalue weighted by Gasteiger charge is 2.20. The Morgan fingerprint density at radius 1 is 0.833 bits per heavy atom. The van der Waals surface area contributed by atoms with E-state index in [4.69, 9.17) is 9.05 Å². The molecule has 3 aromatic heterocycles. The lowest BCUT2D eigenvalue weighted by Gasteiger charge is -2.08. The van der Waals surface area contributed by atoms with E-state index < -0.39 is 0 Å². The van der Waals surface area contributed by atoms with E-state index in [0.29, 0.717) is 0 Å². The van der Waals surface area contributed by atoms with Crippen molar-refractivity contribution in [3.05, 3.63) is 40.7 Å². The Kier molecular flexibility index (Phi) is 3.09. The lowest BCUT2D eigenvalue weighted by molar-refractivity contribution is 0.393. The average Bonchev–Trinajstić information content (AvgIpc) is 3.18. The van der Waals surface area contributed by atoms with Crippen molar-refractivity contribution < 1.29 is 9.05 Å². The molecule has 1 N–H and O–H groups in total. The van der Waals surface area contributed by atoms with Gasteiger partial charge in [0.2, 0.25) is 0 Å². The summed E-state index contributed by atoms with van der Waals surface area (Å²) in [6.45, 7) is 9.77. The zero-order valence-electron chi connectivity index (χ0n) is 14.3. The molecule has 122 valence electrons. The minimum atomic E-state index is 0.795. The van der Waals surface area contributed by atoms with Crippen molar-refractivity contribution in [3.63, 3.8) is 0 Å². The third-order valence-corrected chi connectivity index (χ3v) is 4.46. The van der Waals surface area contributed by atoms with Crippen LogP contribution >= 0.6 is 0 Å². The molecule has 6 heteroatoms. The number of hydrogen-bond acceptors (Lipinski definition) is 5. The summed E-state index contributed by atoms with van der Waals surface area (Å²) < 4.78 is 10.7. The highest BCUT2D eigenvalue weighted by Crippen LogP contribution is 2.39. The molecule has 4 aromatic rings. The number of benzene rings is 1. The van der Waals surface area contributed by atoms with Crippen molar-refractivity contribution in [2.75, 3.05) is 0 Å². The van der Waals surface area contributed by atoms with Crippen LogP contribution in [0.2, 0.25) is 0 Å². The molecule has 0 atom stereocenters. The maximum Gasteiger partial charge on any atom is 0.141 e. The first kappa shape index (κ1) is 14.7. The largest absolute Gasteiger partial charge is 0.361 e. The molecule has 0 bridgehead atoms. The van der Waals surface area contributed by atoms with Crippen molar-refractivity contribution in [1.82, 2.24) is 20.5 Å². The highest BCUT2D eigenvalue weighted by molar-refractivity contribution is 6.00. The number of H-pyrrole nitrogens is 1. The first-order valence-corrected chi connectivity index (χ1v) is 7.82. The lowest BCUT2D eigenvalue weighted by Crippen LogP contribution is -1.89. The third kappa shape index (κ3) is 1.99. The van der Waals surface area contributed by atoms with Crippen LogP contribution in [0.4, 0.5) is 0 Å². The molecule has 0 aliphatic heterocycles. The predicted octanol–water partition coefficient (Wildman–Crippen LogP) is 4.42. The number of rotatable bonds is 2. The van der Waals surface area contributed by atoms with Crippen LogP contribution in [-0.2, 0) is 0 Å². The summed E-state index contributed by atoms with van der Waals surface area (Å²) >= 11 is 0. The van der Waals surface area contributed by atoms with Gasteiger partial charge in [-0.2, -0.15) is 5.10 Å². The van der Waals surface area contributed by atoms with Crippen molar-refractivity contribution in [2.24, 2.45) is 0 Å². The molecule has 24 heavy (non-hydrogen) atoms. The zero-order chi connectivity index (χ0) is 17.0. The van der Waals surface area contributed by atoms with Crippen LogP contribution < -0.4 is 0 Å². The molecule has 0 aliphatic carbocycles. The van der Waals surface area contributed by atoms with Gasteiger partial charge in [0.25, 0.3) is 0 Å². The normalized spacial score (nSPS) is 11.5. The lowest BCUT2D eigenvalue weighted by atomic mass is 9.93. The van der Waals surface area contributed by atoms with Gasteiger partial charge in [0.1, 0.15) is 11.5 Å². The Bertz CT molecular complexity index is 1030. The van der Waals surface area contributed by atoms with Crippen molar-refractivity contribution in [2.45, 2.75) is 34.6 Å². The van der Waals surface area contributed by atoms with E-state index >= 15 is 0 Å². The summed E-state index contributed by atoms with van der Waals surface area (Å²) in [7, 11) is 0. The van der Waals surface area contributed by atoms with Gasteiger partial charge in [0.15, 0.2) is 0 Å². The maximum absolute atomic E-state index is 5.38. The Morgan fingerprint density at radius 2 is 1.46 bits per heavy atom. The molecule has 0 radical (unpaired) electrons. The standard InChI is InChI=1S/C18H18N4O2/c1-8-18-14(17-10(3)22-24-12(17)5)6-13(7-15(18)20-19-8)16-9(2)21-23-11(16)4/h6-7H,1-5H3,(H,19,20). The van der Waals surface area contributed by atoms with Crippen LogP contribution in [0.25, 0.3) is 33.2 Å². The Hall–Kier alpha value is -2.89. The molecule has 0 saturated carbocycles. The quantitative estimate of drug-likeness (QED) is 0.591. The van der Waals surface area contributed by atoms with Crippen LogP contribution in [0, 0.1) is 34.6 Å². The topological polar surface area (TPSA) is 80.7 Å². The number of fused-ring (bicyclic) bond motifs is 1. The molecule has 4 rings (SSSR count). The summed E-state index contributed by atoms with van der Waals surface area (Å²) in [5.41, 5.74) is 7.76. The molecule has 3 heterocycles. The van der Waals surface area contributed by atoms with Gasteiger partial charge in [-0.05, 0) is 57.9 Å². The van der Waals surface area contributed by atoms with Crippen LogP contribution in [-0.4, -0.2) is 20.5 Å². The van der Waals surface area contributed by atoms with E-state index in [2.05, 4.69) is 32.6 Å². The smallest absolute Gasteiger partial charge is 0.141 e. The molecule has 0 saturated heterocycles. The van der Waals surface area contributed by atoms with E-state index in [9.17, 15) is 0 Å². The second kappa shape index (κ2) is 5.06. The minimum Gasteiger partial charge on any atom is -0.361 e. The van der Waals surface area contributed by atoms with Gasteiger partial charge >= 0.3 is 0 Å². The van der Waals surface area contributed by atoms with E-state index in [1.54, 1.807) is 0 Å². The number of aryl methyl sites for hydroxylation is 5. The molecule has 0 amide bonds. The number of nitrogens with one attached hydrogen (secondary N) is 1. The monoisotopic (exact) mass is 322 g/mol. The molecular formula is C18H18N4O2. The molecule has 1 aromatic carbocycles. The van der Waals surface area contributed by atoms with Crippen LogP contribution in [0.15, 0.2) is 21.2 Å². The number of aromatic nitrogens is 4. The molecule has 0 unspecified atom stereocenters. The van der Waals surface area contributed by atoms with Gasteiger partial charge in [0, 0.05) is 22.2 Å². The van der Waals surface area contributed by atoms with E-state index in [-0.39, 0.29) is 0 Å². The fourth-order valence-corrected chi connectivity index (χ4v) is 3.41. The van der Waals surface area contributed by atoms with Crippen molar-refractivity contribution in [3.8, 4) is 22.3 Å². The SMILES string of the molecule is Cc1noc(C)c1-c1cc(-c2c(C)noc2C)c2c(C)[nH]nc2c1. The Labute approximate surface area is 138 Å². The minimum absolute atomic E-state index is 0.795. The maximum atomic E-state index is 5.38. The van der Waals surface area contributed by atoms with Crippen LogP contribution in [0.5, 0.6) is 0 Å². The molecule has 0 aliphatic rings. The van der Waals surface area contributed by atoms with E-state index in [1.807, 2.05) is 34.6 Å². The van der Waals surface area contributed by atoms with E-state index in [0.717, 1.165) is 61.8 Å². The van der Waals surface area contributed by atoms with Gasteiger partial charge in [-0.3, -0.25) is 5.10 Å². The molecule has 6 nitrogen and oxygen atoms in total. The fourth-order valence-electron chi connectivity index (χ4n) is 3.41. The van der Waals surface area contributed by atoms with Crippen molar-refractivity contribution >= 4 is 10.9 Å². The van der Waals surface area contributed by atoms with Gasteiger partial charge in [0.05, 0.1) is 16.9 Å². The Balaban J connectivity index is 2.10. The molecule has 0 fully saturated rings. The predicted molar refractivity (Wildman–Crippen MR) is 90.8 cm³/mol. The first-order chi connectivity index (χ1) is 11.5. The first-order valence-electron chi connectivity index (χ1n) is 7.82. The van der Waals surface area contributed by atoms with Gasteiger partial charge in [-0.1, -0.05) is 10.3 Å². The van der Waals surface area contributed by atoms with Gasteiger partial charge in [-0.15, -0.1) is 0 Å². The Morgan fingerprint density at radius 3 is 2.04 bits per heavy atom. The summed E-state index contributed by atoms with van der Waals surface area (Å²) in [5, 5.41) is 16.8. The number of aromatic amines is 1. The second-order valence-electron chi connectivity index (χ2n) is 6.16. The number of nitrogens with zero attached hydrogens (tertiary/aromatic N) is 3. The summed E-state index contributed by atoms with van der Waals surface area (Å²) in [5.74, 6) is 1.59. The third-order valence-electron chi connectivity index (χ3n) is 4.46. The molecular weight excluding hydrogens is 304 g/mol. The average molecular weight is 322 g/mol. The number of hydrogen-bond donors (Lipinski definition) is 1. The van der Waals surface area contributed by atoms with E-state index in [1.165, 1.54) is 0 Å². The fraction of sp³-hybridized carbons (Fsp3) is 0.278. The molecule has 0 spiro atoms. The van der Waals surface area contributed by atoms with Gasteiger partial charge in [-0.25, -0.2) is 0 Å². The zero-order valence-corrected chi connectivity index (χ0v) is 14.3. The second-order valence-corrected chi connectivity index (χ2v) is 6.16. The van der Waals surface area contributed by atoms with Crippen LogP contribution in [0.3, 0.4) is 0 Å². The summed E-state index contributed by atoms with van der Waals surface area (Å²) in [6.07, 6.45) is 0. The summed E-state index contributed by atoms with van der Waals surface area (Å²) in [6, 6.07) is 4.21. The van der Waals surface area contributed by atoms with Gasteiger partial charge < -0.3 is 9.05 Å². The van der Waals surface area contributed by atoms with Crippen molar-refractivity contribution in [1.29, 1.82) is 0 Å².